The number of carbonyl (C=O) groups excluding carboxylic acids is 1. The Morgan fingerprint density at radius 3 is 1.70 bits per heavy atom. The molecular weight excluding hydrogens is 428 g/mol. The number of aliphatic imine (C=N–C) groups is 1. The van der Waals surface area contributed by atoms with Crippen LogP contribution in [0.5, 0.6) is 5.88 Å². The van der Waals surface area contributed by atoms with Gasteiger partial charge in [0, 0.05) is 18.1 Å². The van der Waals surface area contributed by atoms with Gasteiger partial charge in [-0.1, -0.05) is 24.3 Å². The first-order valence-electron chi connectivity index (χ1n) is 8.66. The Balaban J connectivity index is 1.79. The van der Waals surface area contributed by atoms with E-state index in [4.69, 9.17) is 0 Å². The first-order valence-corrected chi connectivity index (χ1v) is 12.4. The molecule has 30 heavy (non-hydrogen) atoms. The Bertz CT molecular complexity index is 1430. The molecule has 3 aromatic rings. The van der Waals surface area contributed by atoms with Gasteiger partial charge in [0.15, 0.2) is 25.6 Å². The third-order valence-electron chi connectivity index (χ3n) is 4.77. The van der Waals surface area contributed by atoms with Crippen LogP contribution in [0, 0.1) is 0 Å². The number of H-pyrrole nitrogens is 1. The fourth-order valence-corrected chi connectivity index (χ4v) is 4.56. The van der Waals surface area contributed by atoms with Gasteiger partial charge in [0.1, 0.15) is 0 Å². The molecule has 2 N–H and O–H groups in total. The van der Waals surface area contributed by atoms with Crippen LogP contribution >= 0.6 is 0 Å². The Morgan fingerprint density at radius 2 is 1.23 bits per heavy atom. The number of amides is 1. The molecule has 0 unspecified atom stereocenters. The summed E-state index contributed by atoms with van der Waals surface area (Å²) in [4.78, 5) is 19.7. The maximum Gasteiger partial charge on any atom is 0.280 e. The number of hydrogen-bond donors (Lipinski definition) is 2. The molecule has 154 valence electrons. The van der Waals surface area contributed by atoms with Crippen molar-refractivity contribution in [3.05, 3.63) is 65.2 Å². The maximum atomic E-state index is 12.6. The Morgan fingerprint density at radius 1 is 0.767 bits per heavy atom. The lowest BCUT2D eigenvalue weighted by Crippen LogP contribution is -2.02. The average Bonchev–Trinajstić information content (AvgIpc) is 3.19. The van der Waals surface area contributed by atoms with E-state index in [1.807, 2.05) is 0 Å². The number of sulfone groups is 2. The van der Waals surface area contributed by atoms with E-state index in [2.05, 4.69) is 9.98 Å². The largest absolute Gasteiger partial charge is 0.494 e. The van der Waals surface area contributed by atoms with E-state index in [1.54, 1.807) is 0 Å². The van der Waals surface area contributed by atoms with E-state index in [1.165, 1.54) is 48.5 Å². The summed E-state index contributed by atoms with van der Waals surface area (Å²) in [7, 11) is -6.74. The molecule has 1 aliphatic heterocycles. The SMILES string of the molecule is CS(=O)(=O)c1ccc(C2=NC(=O)c3c(-c4ccc(S(C)(=O)=O)cc4)[nH]c(O)c32)cc1. The molecule has 1 aromatic heterocycles. The number of nitrogens with zero attached hydrogens (tertiary/aromatic N) is 1. The monoisotopic (exact) mass is 444 g/mol. The van der Waals surface area contributed by atoms with Crippen LogP contribution in [0.4, 0.5) is 0 Å². The Labute approximate surface area is 172 Å². The molecule has 0 saturated carbocycles. The van der Waals surface area contributed by atoms with Gasteiger partial charge in [-0.2, -0.15) is 0 Å². The molecule has 0 aliphatic carbocycles. The number of benzene rings is 2. The lowest BCUT2D eigenvalue weighted by Gasteiger charge is -2.03. The van der Waals surface area contributed by atoms with E-state index in [0.717, 1.165) is 12.5 Å². The molecule has 1 aliphatic rings. The molecule has 1 amide bonds. The van der Waals surface area contributed by atoms with E-state index in [0.29, 0.717) is 16.8 Å². The number of hydrogen-bond acceptors (Lipinski definition) is 6. The highest BCUT2D eigenvalue weighted by Crippen LogP contribution is 2.38. The molecular formula is C20H16N2O6S2. The number of fused-ring (bicyclic) bond motifs is 1. The molecule has 2 aromatic carbocycles. The topological polar surface area (TPSA) is 134 Å². The molecule has 4 rings (SSSR count). The first kappa shape index (κ1) is 20.0. The summed E-state index contributed by atoms with van der Waals surface area (Å²) < 4.78 is 46.6. The van der Waals surface area contributed by atoms with E-state index < -0.39 is 25.6 Å². The molecule has 8 nitrogen and oxygen atoms in total. The average molecular weight is 444 g/mol. The third-order valence-corrected chi connectivity index (χ3v) is 7.03. The second-order valence-electron chi connectivity index (χ2n) is 6.96. The zero-order chi connectivity index (χ0) is 21.8. The Hall–Kier alpha value is -3.24. The van der Waals surface area contributed by atoms with Crippen LogP contribution in [0.1, 0.15) is 21.5 Å². The zero-order valence-electron chi connectivity index (χ0n) is 15.9. The van der Waals surface area contributed by atoms with E-state index >= 15 is 0 Å². The van der Waals surface area contributed by atoms with Crippen molar-refractivity contribution in [2.24, 2.45) is 4.99 Å². The van der Waals surface area contributed by atoms with Crippen molar-refractivity contribution in [2.75, 3.05) is 12.5 Å². The molecule has 0 atom stereocenters. The van der Waals surface area contributed by atoms with Crippen molar-refractivity contribution < 1.29 is 26.7 Å². The van der Waals surface area contributed by atoms with Gasteiger partial charge in [0.2, 0.25) is 0 Å². The van der Waals surface area contributed by atoms with Crippen molar-refractivity contribution in [3.8, 4) is 17.1 Å². The van der Waals surface area contributed by atoms with Gasteiger partial charge in [-0.05, 0) is 29.8 Å². The highest BCUT2D eigenvalue weighted by molar-refractivity contribution is 7.91. The van der Waals surface area contributed by atoms with Gasteiger partial charge in [-0.25, -0.2) is 21.8 Å². The van der Waals surface area contributed by atoms with Crippen LogP contribution in [0.15, 0.2) is 63.3 Å². The third kappa shape index (κ3) is 3.33. The van der Waals surface area contributed by atoms with Crippen molar-refractivity contribution in [2.45, 2.75) is 9.79 Å². The predicted octanol–water partition coefficient (Wildman–Crippen LogP) is 2.19. The van der Waals surface area contributed by atoms with E-state index in [-0.39, 0.29) is 32.5 Å². The second kappa shape index (κ2) is 6.64. The Kier molecular flexibility index (Phi) is 4.44. The van der Waals surface area contributed by atoms with Crippen LogP contribution in [0.25, 0.3) is 11.3 Å². The van der Waals surface area contributed by atoms with Crippen molar-refractivity contribution in [1.82, 2.24) is 4.98 Å². The molecule has 0 saturated heterocycles. The minimum atomic E-state index is -3.37. The fourth-order valence-electron chi connectivity index (χ4n) is 3.30. The summed E-state index contributed by atoms with van der Waals surface area (Å²) in [6.07, 6.45) is 2.19. The number of aromatic nitrogens is 1. The molecule has 0 fully saturated rings. The molecule has 10 heteroatoms. The number of carbonyl (C=O) groups is 1. The lowest BCUT2D eigenvalue weighted by atomic mass is 10.0. The predicted molar refractivity (Wildman–Crippen MR) is 111 cm³/mol. The number of aromatic hydroxyl groups is 1. The minimum absolute atomic E-state index is 0.126. The zero-order valence-corrected chi connectivity index (χ0v) is 17.5. The highest BCUT2D eigenvalue weighted by atomic mass is 32.2. The van der Waals surface area contributed by atoms with Gasteiger partial charge in [-0.3, -0.25) is 4.79 Å². The van der Waals surface area contributed by atoms with Crippen molar-refractivity contribution in [3.63, 3.8) is 0 Å². The molecule has 0 spiro atoms. The van der Waals surface area contributed by atoms with E-state index in [9.17, 15) is 26.7 Å². The minimum Gasteiger partial charge on any atom is -0.494 e. The summed E-state index contributed by atoms with van der Waals surface area (Å²) in [6.45, 7) is 0. The maximum absolute atomic E-state index is 12.6. The van der Waals surface area contributed by atoms with Gasteiger partial charge >= 0.3 is 0 Å². The molecule has 2 heterocycles. The lowest BCUT2D eigenvalue weighted by molar-refractivity contribution is 0.101. The smallest absolute Gasteiger partial charge is 0.280 e. The second-order valence-corrected chi connectivity index (χ2v) is 11.0. The van der Waals surface area contributed by atoms with Gasteiger partial charge in [-0.15, -0.1) is 0 Å². The molecule has 0 radical (unpaired) electrons. The summed E-state index contributed by atoms with van der Waals surface area (Å²) >= 11 is 0. The highest BCUT2D eigenvalue weighted by Gasteiger charge is 2.33. The quantitative estimate of drug-likeness (QED) is 0.634. The van der Waals surface area contributed by atoms with Crippen LogP contribution in [-0.4, -0.2) is 51.1 Å². The van der Waals surface area contributed by atoms with Gasteiger partial charge < -0.3 is 10.1 Å². The van der Waals surface area contributed by atoms with Crippen LogP contribution in [0.2, 0.25) is 0 Å². The summed E-state index contributed by atoms with van der Waals surface area (Å²) in [6, 6.07) is 11.8. The fraction of sp³-hybridized carbons (Fsp3) is 0.100. The summed E-state index contributed by atoms with van der Waals surface area (Å²) in [5.74, 6) is -0.824. The van der Waals surface area contributed by atoms with Crippen LogP contribution < -0.4 is 0 Å². The van der Waals surface area contributed by atoms with Gasteiger partial charge in [0.25, 0.3) is 5.91 Å². The number of nitrogens with one attached hydrogen (secondary N) is 1. The standard InChI is InChI=1S/C20H16N2O6S2/c1-29(25,26)13-7-3-11(4-8-13)17-15-16(20(24)21-17)18(22-19(15)23)12-5-9-14(10-6-12)30(2,27)28/h3-10,21,24H,1-2H3. The number of aromatic amines is 1. The number of rotatable bonds is 4. The molecule has 0 bridgehead atoms. The van der Waals surface area contributed by atoms with Crippen molar-refractivity contribution in [1.29, 1.82) is 0 Å². The van der Waals surface area contributed by atoms with Crippen LogP contribution in [0.3, 0.4) is 0 Å². The van der Waals surface area contributed by atoms with Gasteiger partial charge in [0.05, 0.1) is 32.3 Å². The van der Waals surface area contributed by atoms with Crippen LogP contribution in [-0.2, 0) is 19.7 Å². The summed E-state index contributed by atoms with van der Waals surface area (Å²) in [5, 5.41) is 10.5. The normalized spacial score (nSPS) is 13.9. The first-order chi connectivity index (χ1) is 14.0. The summed E-state index contributed by atoms with van der Waals surface area (Å²) in [5.41, 5.74) is 1.91. The van der Waals surface area contributed by atoms with Crippen molar-refractivity contribution >= 4 is 31.3 Å².